The van der Waals surface area contributed by atoms with Crippen molar-refractivity contribution in [3.63, 3.8) is 0 Å². The van der Waals surface area contributed by atoms with E-state index in [9.17, 15) is 17.6 Å². The molecule has 2 atom stereocenters. The first-order valence-corrected chi connectivity index (χ1v) is 10.5. The number of carbonyl (C=O) groups is 1. The zero-order valence-electron chi connectivity index (χ0n) is 16.5. The fourth-order valence-corrected chi connectivity index (χ4v) is 3.74. The molecule has 0 fully saturated rings. The zero-order valence-corrected chi connectivity index (χ0v) is 17.3. The van der Waals surface area contributed by atoms with Crippen molar-refractivity contribution in [1.82, 2.24) is 14.9 Å². The molecule has 0 aliphatic rings. The van der Waals surface area contributed by atoms with E-state index in [4.69, 9.17) is 9.26 Å². The lowest BCUT2D eigenvalue weighted by Crippen LogP contribution is -2.39. The number of halogens is 1. The highest BCUT2D eigenvalue weighted by atomic mass is 32.2. The molecule has 2 aromatic carbocycles. The Kier molecular flexibility index (Phi) is 6.28. The molecule has 1 unspecified atom stereocenters. The fraction of sp³-hybridized carbons (Fsp3) is 0.250. The molecule has 30 heavy (non-hydrogen) atoms. The van der Waals surface area contributed by atoms with Crippen molar-refractivity contribution in [3.8, 4) is 11.4 Å². The van der Waals surface area contributed by atoms with Gasteiger partial charge >= 0.3 is 5.97 Å². The summed E-state index contributed by atoms with van der Waals surface area (Å²) in [6, 6.07) is 11.0. The molecule has 158 valence electrons. The van der Waals surface area contributed by atoms with Crippen LogP contribution in [-0.4, -0.2) is 30.6 Å². The van der Waals surface area contributed by atoms with Crippen LogP contribution in [0.15, 0.2) is 57.9 Å². The Balaban J connectivity index is 1.65. The maximum absolute atomic E-state index is 13.7. The highest BCUT2D eigenvalue weighted by Crippen LogP contribution is 2.22. The average Bonchev–Trinajstić information content (AvgIpc) is 3.21. The molecule has 0 amide bonds. The number of hydrogen-bond acceptors (Lipinski definition) is 7. The number of sulfonamides is 1. The summed E-state index contributed by atoms with van der Waals surface area (Å²) in [4.78, 5) is 16.5. The van der Waals surface area contributed by atoms with E-state index in [-0.39, 0.29) is 16.6 Å². The van der Waals surface area contributed by atoms with Gasteiger partial charge in [-0.3, -0.25) is 4.79 Å². The smallest absolute Gasteiger partial charge is 0.324 e. The summed E-state index contributed by atoms with van der Waals surface area (Å²) in [6.45, 7) is 4.50. The van der Waals surface area contributed by atoms with Crippen molar-refractivity contribution in [1.29, 1.82) is 0 Å². The lowest BCUT2D eigenvalue weighted by atomic mass is 10.1. The number of ether oxygens (including phenoxy) is 1. The molecule has 8 nitrogen and oxygen atoms in total. The maximum Gasteiger partial charge on any atom is 0.324 e. The second-order valence-electron chi connectivity index (χ2n) is 6.66. The number of hydrogen-bond donors (Lipinski definition) is 1. The zero-order chi connectivity index (χ0) is 21.9. The molecule has 1 aromatic heterocycles. The minimum atomic E-state index is -3.88. The van der Waals surface area contributed by atoms with Crippen molar-refractivity contribution >= 4 is 16.0 Å². The molecule has 3 rings (SSSR count). The molecular weight excluding hydrogens is 413 g/mol. The van der Waals surface area contributed by atoms with Crippen LogP contribution in [0.1, 0.15) is 31.4 Å². The molecule has 0 saturated carbocycles. The van der Waals surface area contributed by atoms with Crippen LogP contribution in [0.4, 0.5) is 4.39 Å². The number of carbonyl (C=O) groups excluding carboxylic acids is 1. The van der Waals surface area contributed by atoms with Crippen molar-refractivity contribution in [3.05, 3.63) is 65.8 Å². The first-order valence-electron chi connectivity index (χ1n) is 9.05. The molecule has 1 N–H and O–H groups in total. The summed E-state index contributed by atoms with van der Waals surface area (Å²) in [5.41, 5.74) is 0.896. The quantitative estimate of drug-likeness (QED) is 0.570. The Morgan fingerprint density at radius 3 is 2.53 bits per heavy atom. The Labute approximate surface area is 173 Å². The van der Waals surface area contributed by atoms with E-state index >= 15 is 0 Å². The number of nitrogens with zero attached hydrogens (tertiary/aromatic N) is 2. The van der Waals surface area contributed by atoms with E-state index in [2.05, 4.69) is 14.9 Å². The van der Waals surface area contributed by atoms with Crippen LogP contribution in [-0.2, 0) is 19.6 Å². The second kappa shape index (κ2) is 8.72. The van der Waals surface area contributed by atoms with Crippen molar-refractivity contribution in [2.75, 3.05) is 0 Å². The van der Waals surface area contributed by atoms with Gasteiger partial charge in [0.2, 0.25) is 15.8 Å². The summed E-state index contributed by atoms with van der Waals surface area (Å²) < 4.78 is 51.0. The van der Waals surface area contributed by atoms with Gasteiger partial charge in [0, 0.05) is 5.56 Å². The highest BCUT2D eigenvalue weighted by molar-refractivity contribution is 7.89. The predicted molar refractivity (Wildman–Crippen MR) is 105 cm³/mol. The molecule has 1 heterocycles. The molecule has 10 heteroatoms. The Morgan fingerprint density at radius 1 is 1.17 bits per heavy atom. The SMILES string of the molecule is Cc1ccc(-c2noc(C(C)OC(=O)[C@H](C)NS(=O)(=O)c3ccccc3)n2)cc1F. The van der Waals surface area contributed by atoms with Gasteiger partial charge in [-0.1, -0.05) is 35.5 Å². The third kappa shape index (κ3) is 4.89. The van der Waals surface area contributed by atoms with Gasteiger partial charge in [0.05, 0.1) is 4.90 Å². The predicted octanol–water partition coefficient (Wildman–Crippen LogP) is 3.16. The van der Waals surface area contributed by atoms with Gasteiger partial charge < -0.3 is 9.26 Å². The Bertz CT molecular complexity index is 1150. The van der Waals surface area contributed by atoms with Gasteiger partial charge in [-0.15, -0.1) is 0 Å². The molecule has 0 aliphatic carbocycles. The van der Waals surface area contributed by atoms with Gasteiger partial charge in [-0.2, -0.15) is 9.71 Å². The normalized spacial score (nSPS) is 13.6. The minimum absolute atomic E-state index is 0.00236. The summed E-state index contributed by atoms with van der Waals surface area (Å²) in [7, 11) is -3.88. The Hall–Kier alpha value is -3.11. The van der Waals surface area contributed by atoms with Crippen LogP contribution >= 0.6 is 0 Å². The van der Waals surface area contributed by atoms with Crippen molar-refractivity contribution in [2.24, 2.45) is 0 Å². The number of aromatic nitrogens is 2. The van der Waals surface area contributed by atoms with Crippen LogP contribution in [0, 0.1) is 12.7 Å². The van der Waals surface area contributed by atoms with Crippen LogP contribution in [0.2, 0.25) is 0 Å². The number of benzene rings is 2. The van der Waals surface area contributed by atoms with E-state index in [1.165, 1.54) is 32.0 Å². The number of aryl methyl sites for hydroxylation is 1. The molecular formula is C20H20FN3O5S. The average molecular weight is 433 g/mol. The number of nitrogens with one attached hydrogen (secondary N) is 1. The molecule has 0 spiro atoms. The summed E-state index contributed by atoms with van der Waals surface area (Å²) in [5.74, 6) is -1.08. The fourth-order valence-electron chi connectivity index (χ4n) is 2.52. The van der Waals surface area contributed by atoms with Crippen LogP contribution < -0.4 is 4.72 Å². The number of esters is 1. The summed E-state index contributed by atoms with van der Waals surface area (Å²) >= 11 is 0. The Morgan fingerprint density at radius 2 is 1.87 bits per heavy atom. The van der Waals surface area contributed by atoms with Gasteiger partial charge in [0.1, 0.15) is 11.9 Å². The summed E-state index contributed by atoms with van der Waals surface area (Å²) in [6.07, 6.45) is -0.933. The van der Waals surface area contributed by atoms with E-state index in [1.54, 1.807) is 37.3 Å². The molecule has 0 saturated heterocycles. The minimum Gasteiger partial charge on any atom is -0.451 e. The van der Waals surface area contributed by atoms with Gasteiger partial charge in [0.25, 0.3) is 5.89 Å². The van der Waals surface area contributed by atoms with Gasteiger partial charge in [-0.05, 0) is 44.5 Å². The van der Waals surface area contributed by atoms with E-state index in [0.29, 0.717) is 11.1 Å². The van der Waals surface area contributed by atoms with Crippen molar-refractivity contribution < 1.29 is 26.9 Å². The highest BCUT2D eigenvalue weighted by Gasteiger charge is 2.26. The van der Waals surface area contributed by atoms with Crippen LogP contribution in [0.5, 0.6) is 0 Å². The monoisotopic (exact) mass is 433 g/mol. The maximum atomic E-state index is 13.7. The van der Waals surface area contributed by atoms with Crippen molar-refractivity contribution in [2.45, 2.75) is 37.8 Å². The first-order chi connectivity index (χ1) is 14.2. The lowest BCUT2D eigenvalue weighted by Gasteiger charge is -2.15. The van der Waals surface area contributed by atoms with Crippen LogP contribution in [0.3, 0.4) is 0 Å². The molecule has 3 aromatic rings. The topological polar surface area (TPSA) is 111 Å². The van der Waals surface area contributed by atoms with Gasteiger partial charge in [0.15, 0.2) is 6.10 Å². The van der Waals surface area contributed by atoms with E-state index in [0.717, 1.165) is 0 Å². The molecule has 0 aliphatic heterocycles. The van der Waals surface area contributed by atoms with E-state index < -0.39 is 34.0 Å². The van der Waals surface area contributed by atoms with Gasteiger partial charge in [-0.25, -0.2) is 12.8 Å². The first kappa shape index (κ1) is 21.6. The van der Waals surface area contributed by atoms with E-state index in [1.807, 2.05) is 0 Å². The largest absolute Gasteiger partial charge is 0.451 e. The lowest BCUT2D eigenvalue weighted by molar-refractivity contribution is -0.151. The third-order valence-corrected chi connectivity index (χ3v) is 5.81. The number of rotatable bonds is 7. The standard InChI is InChI=1S/C20H20FN3O5S/c1-12-9-10-15(11-17(12)21)18-22-19(29-23-18)14(3)28-20(25)13(2)24-30(26,27)16-7-5-4-6-8-16/h4-11,13-14,24H,1-3H3/t13-,14?/m0/s1. The molecule has 0 radical (unpaired) electrons. The van der Waals surface area contributed by atoms with Crippen LogP contribution in [0.25, 0.3) is 11.4 Å². The summed E-state index contributed by atoms with van der Waals surface area (Å²) in [5, 5.41) is 3.77. The molecule has 0 bridgehead atoms. The second-order valence-corrected chi connectivity index (χ2v) is 8.37. The third-order valence-electron chi connectivity index (χ3n) is 4.25.